The van der Waals surface area contributed by atoms with Crippen molar-refractivity contribution in [1.29, 1.82) is 0 Å². The number of hydrogen-bond donors (Lipinski definition) is 2. The molecule has 2 heterocycles. The topological polar surface area (TPSA) is 66.7 Å². The van der Waals surface area contributed by atoms with Gasteiger partial charge in [0.25, 0.3) is 0 Å². The number of halogens is 1. The lowest BCUT2D eigenvalue weighted by molar-refractivity contribution is 0.426. The number of benzene rings is 16. The highest BCUT2D eigenvalue weighted by Crippen LogP contribution is 2.45. The Balaban J connectivity index is 0.000000117. The molecule has 6 heteroatoms. The second kappa shape index (κ2) is 23.0. The van der Waals surface area contributed by atoms with Crippen molar-refractivity contribution >= 4 is 137 Å². The van der Waals surface area contributed by atoms with Crippen molar-refractivity contribution in [3.8, 4) is 55.6 Å². The van der Waals surface area contributed by atoms with E-state index in [1.54, 1.807) is 0 Å². The van der Waals surface area contributed by atoms with Gasteiger partial charge in [0, 0.05) is 26.0 Å². The van der Waals surface area contributed by atoms with Crippen LogP contribution in [0, 0.1) is 0 Å². The first-order valence-electron chi connectivity index (χ1n) is 30.3. The van der Waals surface area contributed by atoms with Crippen LogP contribution in [0.5, 0.6) is 0 Å². The van der Waals surface area contributed by atoms with Crippen molar-refractivity contribution in [3.05, 3.63) is 320 Å². The molecule has 0 aliphatic carbocycles. The van der Waals surface area contributed by atoms with Crippen LogP contribution in [-0.4, -0.2) is 17.2 Å². The number of fused-ring (bicyclic) bond motifs is 12. The van der Waals surface area contributed by atoms with Crippen LogP contribution in [0.15, 0.2) is 329 Å². The van der Waals surface area contributed by atoms with Crippen molar-refractivity contribution in [2.45, 2.75) is 0 Å². The molecule has 0 saturated carbocycles. The minimum absolute atomic E-state index is 0.566. The molecule has 0 fully saturated rings. The van der Waals surface area contributed by atoms with E-state index in [1.165, 1.54) is 93.0 Å². The fraction of sp³-hybridized carbons (Fsp3) is 0. The maximum atomic E-state index is 9.94. The zero-order chi connectivity index (χ0) is 60.2. The summed E-state index contributed by atoms with van der Waals surface area (Å²) < 4.78 is 13.4. The van der Waals surface area contributed by atoms with Crippen molar-refractivity contribution < 1.29 is 18.9 Å². The van der Waals surface area contributed by atoms with Crippen LogP contribution in [-0.2, 0) is 0 Å². The zero-order valence-corrected chi connectivity index (χ0v) is 50.3. The van der Waals surface area contributed by atoms with Gasteiger partial charge in [0.05, 0.1) is 0 Å². The summed E-state index contributed by atoms with van der Waals surface area (Å²) >= 11 is 3.55. The highest BCUT2D eigenvalue weighted by molar-refractivity contribution is 9.10. The summed E-state index contributed by atoms with van der Waals surface area (Å²) in [6.07, 6.45) is 0. The van der Waals surface area contributed by atoms with Crippen molar-refractivity contribution in [3.63, 3.8) is 0 Å². The highest BCUT2D eigenvalue weighted by Gasteiger charge is 2.23. The maximum Gasteiger partial charge on any atom is 0.489 e. The molecule has 2 N–H and O–H groups in total. The van der Waals surface area contributed by atoms with E-state index in [-0.39, 0.29) is 0 Å². The second-order valence-corrected chi connectivity index (χ2v) is 23.9. The van der Waals surface area contributed by atoms with Gasteiger partial charge in [0.1, 0.15) is 22.3 Å². The minimum atomic E-state index is -1.50. The fourth-order valence-electron chi connectivity index (χ4n) is 13.5. The van der Waals surface area contributed by atoms with E-state index in [0.29, 0.717) is 5.46 Å². The van der Waals surface area contributed by atoms with E-state index in [9.17, 15) is 10.0 Å². The maximum absolute atomic E-state index is 9.94. The van der Waals surface area contributed by atoms with Crippen molar-refractivity contribution in [2.75, 3.05) is 0 Å². The zero-order valence-electron chi connectivity index (χ0n) is 48.7. The summed E-state index contributed by atoms with van der Waals surface area (Å²) in [7, 11) is -1.50. The Labute approximate surface area is 528 Å². The fourth-order valence-corrected chi connectivity index (χ4v) is 13.9. The normalized spacial score (nSPS) is 11.5. The minimum Gasteiger partial charge on any atom is -0.456 e. The molecule has 4 nitrogen and oxygen atoms in total. The third kappa shape index (κ3) is 9.85. The lowest BCUT2D eigenvalue weighted by Gasteiger charge is -2.18. The molecule has 0 unspecified atom stereocenters. The van der Waals surface area contributed by atoms with E-state index < -0.39 is 7.12 Å². The Morgan fingerprint density at radius 3 is 0.956 bits per heavy atom. The molecule has 0 atom stereocenters. The average molecular weight is 1220 g/mol. The Morgan fingerprint density at radius 1 is 0.222 bits per heavy atom. The third-order valence-electron chi connectivity index (χ3n) is 17.6. The molecule has 0 saturated heterocycles. The number of furan rings is 2. The van der Waals surface area contributed by atoms with Gasteiger partial charge in [-0.15, -0.1) is 0 Å². The van der Waals surface area contributed by atoms with Gasteiger partial charge < -0.3 is 18.9 Å². The molecule has 0 spiro atoms. The molecule has 0 amide bonds. The predicted molar refractivity (Wildman–Crippen MR) is 384 cm³/mol. The second-order valence-electron chi connectivity index (χ2n) is 22.9. The van der Waals surface area contributed by atoms with E-state index in [1.807, 2.05) is 72.8 Å². The number of hydrogen-bond acceptors (Lipinski definition) is 4. The molecule has 2 aromatic heterocycles. The molecule has 424 valence electrons. The van der Waals surface area contributed by atoms with Gasteiger partial charge in [-0.3, -0.25) is 0 Å². The molecular weight excluding hydrogens is 1160 g/mol. The van der Waals surface area contributed by atoms with Gasteiger partial charge in [0.2, 0.25) is 0 Å². The molecule has 0 bridgehead atoms. The first kappa shape index (κ1) is 54.5. The SMILES string of the molecule is Brc1cccc(-c2ccc3oc4cc5ccccc5cc4c3c2)c1.OB(O)c1c2ccccc2c(-c2ccccc2)c2ccccc12.c1ccc(-c2c3ccccc3c(-c3cccc(-c4ccc5oc6cc7ccccc7cc6c5c4)c3)c3ccccc23)cc1. The van der Waals surface area contributed by atoms with E-state index in [0.717, 1.165) is 75.6 Å². The van der Waals surface area contributed by atoms with Crippen LogP contribution >= 0.6 is 15.9 Å². The molecule has 0 aliphatic heterocycles. The van der Waals surface area contributed by atoms with Crippen molar-refractivity contribution in [1.82, 2.24) is 0 Å². The van der Waals surface area contributed by atoms with Gasteiger partial charge in [-0.25, -0.2) is 0 Å². The largest absolute Gasteiger partial charge is 0.489 e. The Bertz CT molecular complexity index is 5680. The summed E-state index contributed by atoms with van der Waals surface area (Å²) in [5.74, 6) is 0. The lowest BCUT2D eigenvalue weighted by atomic mass is 9.72. The van der Waals surface area contributed by atoms with E-state index >= 15 is 0 Å². The van der Waals surface area contributed by atoms with E-state index in [2.05, 4.69) is 259 Å². The van der Waals surface area contributed by atoms with Crippen LogP contribution in [0.1, 0.15) is 0 Å². The molecule has 0 radical (unpaired) electrons. The molecule has 16 aromatic carbocycles. The van der Waals surface area contributed by atoms with Gasteiger partial charge in [-0.05, 0) is 192 Å². The summed E-state index contributed by atoms with van der Waals surface area (Å²) in [6.45, 7) is 0. The highest BCUT2D eigenvalue weighted by atomic mass is 79.9. The summed E-state index contributed by atoms with van der Waals surface area (Å²) in [6, 6.07) is 110. The van der Waals surface area contributed by atoms with Crippen LogP contribution in [0.4, 0.5) is 0 Å². The summed E-state index contributed by atoms with van der Waals surface area (Å²) in [5.41, 5.74) is 16.3. The third-order valence-corrected chi connectivity index (χ3v) is 18.1. The molecule has 0 aliphatic rings. The van der Waals surface area contributed by atoms with Crippen LogP contribution in [0.25, 0.3) is 164 Å². The van der Waals surface area contributed by atoms with Crippen LogP contribution in [0.3, 0.4) is 0 Å². The summed E-state index contributed by atoms with van der Waals surface area (Å²) in [4.78, 5) is 0. The standard InChI is InChI=1S/C42H26O.C22H13BrO.C20H15BO2/c1-2-11-27(12-3-1)41-33-17-6-8-19-35(33)42(36-20-9-7-18-34(36)41)32-16-10-15-28(23-32)31-21-22-39-37(25-31)38-24-29-13-4-5-14-30(29)26-40(38)43-39;23-18-7-3-6-14(10-18)17-8-9-21-19(12-17)20-11-15-4-1-2-5-16(15)13-22(20)24-21;22-21(23)20-17-12-6-4-10-15(17)19(14-8-2-1-3-9-14)16-11-5-7-13-18(16)20/h1-26H;1-13H;1-13,22-23H. The Morgan fingerprint density at radius 2 is 0.533 bits per heavy atom. The average Bonchev–Trinajstić information content (AvgIpc) is 0.986. The van der Waals surface area contributed by atoms with Gasteiger partial charge in [-0.1, -0.05) is 265 Å². The molecule has 18 rings (SSSR count). The smallest absolute Gasteiger partial charge is 0.456 e. The van der Waals surface area contributed by atoms with E-state index in [4.69, 9.17) is 8.83 Å². The van der Waals surface area contributed by atoms with Crippen molar-refractivity contribution in [2.24, 2.45) is 0 Å². The number of rotatable bonds is 6. The monoisotopic (exact) mass is 1220 g/mol. The Hall–Kier alpha value is -10.9. The lowest BCUT2D eigenvalue weighted by Crippen LogP contribution is -2.31. The predicted octanol–water partition coefficient (Wildman–Crippen LogP) is 22.6. The Kier molecular flexibility index (Phi) is 13.9. The van der Waals surface area contributed by atoms with Crippen LogP contribution < -0.4 is 5.46 Å². The quantitative estimate of drug-likeness (QED) is 0.129. The first-order valence-corrected chi connectivity index (χ1v) is 31.1. The van der Waals surface area contributed by atoms with Gasteiger partial charge in [-0.2, -0.15) is 0 Å². The molecule has 18 aromatic rings. The van der Waals surface area contributed by atoms with Gasteiger partial charge in [0.15, 0.2) is 0 Å². The first-order chi connectivity index (χ1) is 44.4. The summed E-state index contributed by atoms with van der Waals surface area (Å²) in [5, 5.41) is 38.2. The molecule has 90 heavy (non-hydrogen) atoms. The van der Waals surface area contributed by atoms with Gasteiger partial charge >= 0.3 is 7.12 Å². The molecular formula is C84H54BBrO4. The van der Waals surface area contributed by atoms with Crippen LogP contribution in [0.2, 0.25) is 0 Å².